The van der Waals surface area contributed by atoms with Crippen LogP contribution in [0.1, 0.15) is 6.92 Å². The number of ether oxygens (including phenoxy) is 1. The van der Waals surface area contributed by atoms with Crippen LogP contribution in [0.5, 0.6) is 0 Å². The van der Waals surface area contributed by atoms with Crippen molar-refractivity contribution < 1.29 is 38.3 Å². The molecule has 1 aliphatic heterocycles. The number of aliphatic hydroxyl groups excluding tert-OH is 3. The molecule has 0 saturated carbocycles. The third kappa shape index (κ3) is 1.80. The maximum absolute atomic E-state index is 12.6. The minimum atomic E-state index is -5.15. The number of alkyl halides is 3. The van der Waals surface area contributed by atoms with Gasteiger partial charge in [-0.2, -0.15) is 13.2 Å². The molecule has 16 heavy (non-hydrogen) atoms. The van der Waals surface area contributed by atoms with Crippen molar-refractivity contribution in [2.45, 2.75) is 43.1 Å². The van der Waals surface area contributed by atoms with Crippen molar-refractivity contribution in [3.63, 3.8) is 0 Å². The maximum Gasteiger partial charge on any atom is 0.422 e. The molecule has 5 nitrogen and oxygen atoms in total. The van der Waals surface area contributed by atoms with Gasteiger partial charge >= 0.3 is 6.18 Å². The van der Waals surface area contributed by atoms with E-state index in [0.717, 1.165) is 6.92 Å². The first kappa shape index (κ1) is 13.7. The van der Waals surface area contributed by atoms with Crippen LogP contribution in [0.2, 0.25) is 0 Å². The molecule has 5 atom stereocenters. The van der Waals surface area contributed by atoms with Gasteiger partial charge in [0.1, 0.15) is 18.3 Å². The number of halogens is 3. The fourth-order valence-corrected chi connectivity index (χ4v) is 1.70. The van der Waals surface area contributed by atoms with E-state index in [-0.39, 0.29) is 0 Å². The first-order valence-electron chi connectivity index (χ1n) is 4.57. The number of rotatable bonds is 1. The molecule has 1 heterocycles. The first-order valence-corrected chi connectivity index (χ1v) is 4.57. The summed E-state index contributed by atoms with van der Waals surface area (Å²) in [7, 11) is 0. The van der Waals surface area contributed by atoms with Gasteiger partial charge in [-0.15, -0.1) is 0 Å². The lowest BCUT2D eigenvalue weighted by molar-refractivity contribution is -0.365. The van der Waals surface area contributed by atoms with Crippen LogP contribution in [-0.4, -0.2) is 63.2 Å². The highest BCUT2D eigenvalue weighted by atomic mass is 19.4. The molecule has 0 aliphatic carbocycles. The topological polar surface area (TPSA) is 90.2 Å². The van der Waals surface area contributed by atoms with E-state index < -0.39 is 42.8 Å². The second-order valence-corrected chi connectivity index (χ2v) is 3.76. The Labute approximate surface area is 89.1 Å². The van der Waals surface area contributed by atoms with Crippen molar-refractivity contribution >= 4 is 0 Å². The van der Waals surface area contributed by atoms with Gasteiger partial charge < -0.3 is 25.2 Å². The van der Waals surface area contributed by atoms with Crippen LogP contribution in [0.25, 0.3) is 0 Å². The van der Waals surface area contributed by atoms with Crippen molar-refractivity contribution in [3.05, 3.63) is 0 Å². The minimum absolute atomic E-state index is 0.753. The smallest absolute Gasteiger partial charge is 0.394 e. The normalized spacial score (nSPS) is 45.8. The second kappa shape index (κ2) is 4.11. The van der Waals surface area contributed by atoms with Crippen molar-refractivity contribution in [1.82, 2.24) is 0 Å². The lowest BCUT2D eigenvalue weighted by Gasteiger charge is -2.47. The predicted octanol–water partition coefficient (Wildman–Crippen LogP) is -1.22. The summed E-state index contributed by atoms with van der Waals surface area (Å²) < 4.78 is 42.3. The molecule has 4 N–H and O–H groups in total. The van der Waals surface area contributed by atoms with E-state index in [4.69, 9.17) is 5.11 Å². The Bertz CT molecular complexity index is 259. The van der Waals surface area contributed by atoms with E-state index in [0.29, 0.717) is 0 Å². The summed E-state index contributed by atoms with van der Waals surface area (Å²) in [6.07, 6.45) is -12.8. The van der Waals surface area contributed by atoms with Crippen molar-refractivity contribution in [2.24, 2.45) is 0 Å². The molecule has 1 rings (SSSR count). The van der Waals surface area contributed by atoms with E-state index >= 15 is 0 Å². The average molecular weight is 246 g/mol. The molecule has 0 radical (unpaired) electrons. The molecule has 5 unspecified atom stereocenters. The summed E-state index contributed by atoms with van der Waals surface area (Å²) >= 11 is 0. The van der Waals surface area contributed by atoms with Crippen LogP contribution in [0.4, 0.5) is 13.2 Å². The Balaban J connectivity index is 3.05. The molecule has 0 bridgehead atoms. The molecule has 1 aliphatic rings. The molecular formula is C8H13F3O5. The third-order valence-electron chi connectivity index (χ3n) is 2.79. The molecule has 96 valence electrons. The molecule has 0 amide bonds. The lowest BCUT2D eigenvalue weighted by atomic mass is 9.82. The van der Waals surface area contributed by atoms with E-state index in [2.05, 4.69) is 4.74 Å². The van der Waals surface area contributed by atoms with Gasteiger partial charge in [-0.3, -0.25) is 0 Å². The van der Waals surface area contributed by atoms with Crippen LogP contribution in [0.3, 0.4) is 0 Å². The maximum atomic E-state index is 12.6. The molecule has 0 aromatic rings. The zero-order valence-electron chi connectivity index (χ0n) is 8.35. The minimum Gasteiger partial charge on any atom is -0.394 e. The van der Waals surface area contributed by atoms with Crippen molar-refractivity contribution in [2.75, 3.05) is 6.61 Å². The fraction of sp³-hybridized carbons (Fsp3) is 1.00. The van der Waals surface area contributed by atoms with Gasteiger partial charge in [-0.05, 0) is 6.92 Å². The van der Waals surface area contributed by atoms with Gasteiger partial charge in [-0.1, -0.05) is 0 Å². The third-order valence-corrected chi connectivity index (χ3v) is 2.79. The second-order valence-electron chi connectivity index (χ2n) is 3.76. The zero-order valence-corrected chi connectivity index (χ0v) is 8.35. The predicted molar refractivity (Wildman–Crippen MR) is 44.4 cm³/mol. The van der Waals surface area contributed by atoms with Gasteiger partial charge in [0.15, 0.2) is 0 Å². The highest BCUT2D eigenvalue weighted by Crippen LogP contribution is 2.41. The van der Waals surface area contributed by atoms with Gasteiger partial charge in [0, 0.05) is 0 Å². The van der Waals surface area contributed by atoms with Crippen LogP contribution in [0, 0.1) is 0 Å². The van der Waals surface area contributed by atoms with Crippen LogP contribution in [0.15, 0.2) is 0 Å². The average Bonchev–Trinajstić information content (AvgIpc) is 2.18. The van der Waals surface area contributed by atoms with E-state index in [1.807, 2.05) is 0 Å². The van der Waals surface area contributed by atoms with Crippen molar-refractivity contribution in [3.8, 4) is 0 Å². The quantitative estimate of drug-likeness (QED) is 0.465. The van der Waals surface area contributed by atoms with Gasteiger partial charge in [0.05, 0.1) is 12.7 Å². The zero-order chi connectivity index (χ0) is 12.7. The summed E-state index contributed by atoms with van der Waals surface area (Å²) in [5.41, 5.74) is -3.54. The Hall–Kier alpha value is -0.410. The van der Waals surface area contributed by atoms with Crippen LogP contribution < -0.4 is 0 Å². The molecular weight excluding hydrogens is 233 g/mol. The van der Waals surface area contributed by atoms with E-state index in [9.17, 15) is 28.5 Å². The summed E-state index contributed by atoms with van der Waals surface area (Å²) in [5, 5.41) is 36.7. The summed E-state index contributed by atoms with van der Waals surface area (Å²) in [5.74, 6) is 0. The Morgan fingerprint density at radius 2 is 1.81 bits per heavy atom. The molecule has 8 heteroatoms. The van der Waals surface area contributed by atoms with Gasteiger partial charge in [-0.25, -0.2) is 0 Å². The lowest BCUT2D eigenvalue weighted by Crippen LogP contribution is -2.71. The standard InChI is InChI=1S/C8H13F3O5/c1-3-7(15,8(9,10)11)6(14)5(13)4(2-12)16-3/h3-6,12-15H,2H2,1H3. The number of hydrogen-bond acceptors (Lipinski definition) is 5. The fourth-order valence-electron chi connectivity index (χ4n) is 1.70. The Morgan fingerprint density at radius 3 is 2.19 bits per heavy atom. The monoisotopic (exact) mass is 246 g/mol. The van der Waals surface area contributed by atoms with Gasteiger partial charge in [0.25, 0.3) is 0 Å². The van der Waals surface area contributed by atoms with Crippen molar-refractivity contribution in [1.29, 1.82) is 0 Å². The van der Waals surface area contributed by atoms with E-state index in [1.54, 1.807) is 0 Å². The highest BCUT2D eigenvalue weighted by molar-refractivity contribution is 5.06. The van der Waals surface area contributed by atoms with Crippen LogP contribution >= 0.6 is 0 Å². The molecule has 0 spiro atoms. The SMILES string of the molecule is CC1OC(CO)C(O)C(O)C1(O)C(F)(F)F. The molecule has 0 aromatic heterocycles. The Morgan fingerprint density at radius 1 is 1.31 bits per heavy atom. The largest absolute Gasteiger partial charge is 0.422 e. The Kier molecular flexibility index (Phi) is 3.51. The van der Waals surface area contributed by atoms with Gasteiger partial charge in [0.2, 0.25) is 5.60 Å². The highest BCUT2D eigenvalue weighted by Gasteiger charge is 2.67. The molecule has 0 aromatic carbocycles. The molecule has 1 saturated heterocycles. The van der Waals surface area contributed by atoms with Crippen LogP contribution in [-0.2, 0) is 4.74 Å². The first-order chi connectivity index (χ1) is 7.16. The summed E-state index contributed by atoms with van der Waals surface area (Å²) in [4.78, 5) is 0. The number of hydrogen-bond donors (Lipinski definition) is 4. The molecule has 1 fully saturated rings. The number of aliphatic hydroxyl groups is 4. The summed E-state index contributed by atoms with van der Waals surface area (Å²) in [6, 6.07) is 0. The van der Waals surface area contributed by atoms with E-state index in [1.165, 1.54) is 0 Å². The summed E-state index contributed by atoms with van der Waals surface area (Å²) in [6.45, 7) is 0.155.